The van der Waals surface area contributed by atoms with E-state index in [1.54, 1.807) is 4.90 Å². The van der Waals surface area contributed by atoms with Gasteiger partial charge in [0.05, 0.1) is 12.6 Å². The number of aliphatic hydroxyl groups excluding tert-OH is 1. The number of cyclic esters (lactones) is 1. The molecule has 0 aromatic heterocycles. The maximum atomic E-state index is 11.6. The Morgan fingerprint density at radius 2 is 1.95 bits per heavy atom. The van der Waals surface area contributed by atoms with E-state index in [1.165, 1.54) is 5.56 Å². The Morgan fingerprint density at radius 3 is 2.47 bits per heavy atom. The second-order valence-corrected chi connectivity index (χ2v) is 5.99. The standard InChI is InChI=1S/C15H21NO3/c1-15(2,3)12-6-4-11(5-7-12)8-16-13(9-17)10-19-14(16)18/h4-7,13,17H,8-10H2,1-3H3/t13-/m0/s1. The monoisotopic (exact) mass is 263 g/mol. The van der Waals surface area contributed by atoms with E-state index in [4.69, 9.17) is 4.74 Å². The van der Waals surface area contributed by atoms with Gasteiger partial charge in [-0.15, -0.1) is 0 Å². The maximum Gasteiger partial charge on any atom is 0.410 e. The van der Waals surface area contributed by atoms with Crippen LogP contribution in [0.4, 0.5) is 4.79 Å². The first-order chi connectivity index (χ1) is 8.91. The van der Waals surface area contributed by atoms with Gasteiger partial charge in [-0.2, -0.15) is 0 Å². The first kappa shape index (κ1) is 13.9. The summed E-state index contributed by atoms with van der Waals surface area (Å²) in [6.07, 6.45) is -0.348. The lowest BCUT2D eigenvalue weighted by Gasteiger charge is -2.21. The first-order valence-corrected chi connectivity index (χ1v) is 6.55. The van der Waals surface area contributed by atoms with Gasteiger partial charge in [0, 0.05) is 6.54 Å². The van der Waals surface area contributed by atoms with E-state index >= 15 is 0 Å². The van der Waals surface area contributed by atoms with E-state index in [0.717, 1.165) is 5.56 Å². The lowest BCUT2D eigenvalue weighted by molar-refractivity contribution is 0.151. The molecule has 1 saturated heterocycles. The third-order valence-corrected chi connectivity index (χ3v) is 3.46. The number of ether oxygens (including phenoxy) is 1. The van der Waals surface area contributed by atoms with Crippen LogP contribution in [0.5, 0.6) is 0 Å². The smallest absolute Gasteiger partial charge is 0.410 e. The largest absolute Gasteiger partial charge is 0.447 e. The van der Waals surface area contributed by atoms with Crippen LogP contribution in [0.2, 0.25) is 0 Å². The fraction of sp³-hybridized carbons (Fsp3) is 0.533. The van der Waals surface area contributed by atoms with Crippen molar-refractivity contribution in [3.63, 3.8) is 0 Å². The highest BCUT2D eigenvalue weighted by Gasteiger charge is 2.32. The summed E-state index contributed by atoms with van der Waals surface area (Å²) in [6.45, 7) is 7.20. The Balaban J connectivity index is 2.09. The van der Waals surface area contributed by atoms with Gasteiger partial charge in [-0.3, -0.25) is 4.90 Å². The molecule has 0 spiro atoms. The Kier molecular flexibility index (Phi) is 3.80. The molecule has 1 amide bonds. The van der Waals surface area contributed by atoms with Gasteiger partial charge in [0.1, 0.15) is 6.61 Å². The number of nitrogens with zero attached hydrogens (tertiary/aromatic N) is 1. The summed E-state index contributed by atoms with van der Waals surface area (Å²) < 4.78 is 4.95. The molecule has 0 radical (unpaired) electrons. The molecule has 2 rings (SSSR count). The summed E-state index contributed by atoms with van der Waals surface area (Å²) in [4.78, 5) is 13.1. The fourth-order valence-corrected chi connectivity index (χ4v) is 2.14. The highest BCUT2D eigenvalue weighted by molar-refractivity contribution is 5.70. The van der Waals surface area contributed by atoms with Crippen LogP contribution in [0.1, 0.15) is 31.9 Å². The molecule has 0 saturated carbocycles. The van der Waals surface area contributed by atoms with Gasteiger partial charge in [-0.25, -0.2) is 4.79 Å². The number of hydrogen-bond donors (Lipinski definition) is 1. The van der Waals surface area contributed by atoms with Crippen LogP contribution in [-0.4, -0.2) is 35.4 Å². The van der Waals surface area contributed by atoms with Crippen molar-refractivity contribution in [1.29, 1.82) is 0 Å². The second-order valence-electron chi connectivity index (χ2n) is 5.99. The predicted molar refractivity (Wildman–Crippen MR) is 72.9 cm³/mol. The average Bonchev–Trinajstić information content (AvgIpc) is 2.70. The number of rotatable bonds is 3. The number of benzene rings is 1. The summed E-state index contributed by atoms with van der Waals surface area (Å²) in [5.41, 5.74) is 2.43. The van der Waals surface area contributed by atoms with Crippen molar-refractivity contribution < 1.29 is 14.6 Å². The number of amides is 1. The minimum atomic E-state index is -0.348. The zero-order valence-electron chi connectivity index (χ0n) is 11.7. The molecule has 1 aromatic carbocycles. The van der Waals surface area contributed by atoms with Crippen molar-refractivity contribution in [2.75, 3.05) is 13.2 Å². The molecule has 1 aliphatic rings. The molecule has 1 atom stereocenters. The van der Waals surface area contributed by atoms with E-state index in [9.17, 15) is 9.90 Å². The fourth-order valence-electron chi connectivity index (χ4n) is 2.14. The van der Waals surface area contributed by atoms with Gasteiger partial charge < -0.3 is 9.84 Å². The van der Waals surface area contributed by atoms with Crippen molar-refractivity contribution in [3.05, 3.63) is 35.4 Å². The Hall–Kier alpha value is -1.55. The summed E-state index contributed by atoms with van der Waals surface area (Å²) >= 11 is 0. The Bertz CT molecular complexity index is 447. The molecular formula is C15H21NO3. The van der Waals surface area contributed by atoms with Crippen LogP contribution >= 0.6 is 0 Å². The number of hydrogen-bond acceptors (Lipinski definition) is 3. The average molecular weight is 263 g/mol. The van der Waals surface area contributed by atoms with Gasteiger partial charge in [-0.1, -0.05) is 45.0 Å². The predicted octanol–water partition coefficient (Wildman–Crippen LogP) is 2.30. The SMILES string of the molecule is CC(C)(C)c1ccc(CN2C(=O)OC[C@@H]2CO)cc1. The van der Waals surface area contributed by atoms with Gasteiger partial charge in [0.2, 0.25) is 0 Å². The lowest BCUT2D eigenvalue weighted by atomic mass is 9.87. The molecule has 1 aromatic rings. The van der Waals surface area contributed by atoms with Crippen molar-refractivity contribution in [3.8, 4) is 0 Å². The summed E-state index contributed by atoms with van der Waals surface area (Å²) in [5.74, 6) is 0. The molecule has 0 unspecified atom stereocenters. The third-order valence-electron chi connectivity index (χ3n) is 3.46. The van der Waals surface area contributed by atoms with E-state index in [0.29, 0.717) is 6.54 Å². The van der Waals surface area contributed by atoms with Crippen LogP contribution in [0.25, 0.3) is 0 Å². The molecule has 104 valence electrons. The zero-order valence-corrected chi connectivity index (χ0v) is 11.7. The van der Waals surface area contributed by atoms with Crippen LogP contribution in [0.15, 0.2) is 24.3 Å². The third kappa shape index (κ3) is 3.07. The Labute approximate surface area is 114 Å². The second kappa shape index (κ2) is 5.21. The van der Waals surface area contributed by atoms with Crippen LogP contribution in [0, 0.1) is 0 Å². The normalized spacial score (nSPS) is 19.7. The molecule has 19 heavy (non-hydrogen) atoms. The number of aliphatic hydroxyl groups is 1. The molecular weight excluding hydrogens is 242 g/mol. The van der Waals surface area contributed by atoms with E-state index < -0.39 is 0 Å². The van der Waals surface area contributed by atoms with E-state index in [2.05, 4.69) is 32.9 Å². The lowest BCUT2D eigenvalue weighted by Crippen LogP contribution is -2.35. The highest BCUT2D eigenvalue weighted by Crippen LogP contribution is 2.23. The zero-order chi connectivity index (χ0) is 14.0. The quantitative estimate of drug-likeness (QED) is 0.910. The maximum absolute atomic E-state index is 11.6. The van der Waals surface area contributed by atoms with Crippen LogP contribution < -0.4 is 0 Å². The molecule has 1 heterocycles. The van der Waals surface area contributed by atoms with Gasteiger partial charge >= 0.3 is 6.09 Å². The minimum absolute atomic E-state index is 0.0637. The van der Waals surface area contributed by atoms with Crippen LogP contribution in [0.3, 0.4) is 0 Å². The first-order valence-electron chi connectivity index (χ1n) is 6.55. The molecule has 0 bridgehead atoms. The minimum Gasteiger partial charge on any atom is -0.447 e. The summed E-state index contributed by atoms with van der Waals surface area (Å²) in [7, 11) is 0. The highest BCUT2D eigenvalue weighted by atomic mass is 16.6. The topological polar surface area (TPSA) is 49.8 Å². The molecule has 1 fully saturated rings. The van der Waals surface area contributed by atoms with Gasteiger partial charge in [-0.05, 0) is 16.5 Å². The number of carbonyl (C=O) groups excluding carboxylic acids is 1. The molecule has 4 nitrogen and oxygen atoms in total. The van der Waals surface area contributed by atoms with Crippen LogP contribution in [-0.2, 0) is 16.7 Å². The van der Waals surface area contributed by atoms with Crippen molar-refractivity contribution in [2.24, 2.45) is 0 Å². The van der Waals surface area contributed by atoms with E-state index in [-0.39, 0.29) is 30.8 Å². The van der Waals surface area contributed by atoms with Crippen molar-refractivity contribution in [2.45, 2.75) is 38.8 Å². The molecule has 1 aliphatic heterocycles. The summed E-state index contributed by atoms with van der Waals surface area (Å²) in [6, 6.07) is 8.01. The molecule has 1 N–H and O–H groups in total. The number of carbonyl (C=O) groups is 1. The van der Waals surface area contributed by atoms with E-state index in [1.807, 2.05) is 12.1 Å². The molecule has 4 heteroatoms. The Morgan fingerprint density at radius 1 is 1.32 bits per heavy atom. The van der Waals surface area contributed by atoms with Crippen molar-refractivity contribution in [1.82, 2.24) is 4.90 Å². The van der Waals surface area contributed by atoms with Gasteiger partial charge in [0.15, 0.2) is 0 Å². The van der Waals surface area contributed by atoms with Gasteiger partial charge in [0.25, 0.3) is 0 Å². The summed E-state index contributed by atoms with van der Waals surface area (Å²) in [5, 5.41) is 9.21. The molecule has 0 aliphatic carbocycles. The van der Waals surface area contributed by atoms with Crippen molar-refractivity contribution >= 4 is 6.09 Å².